The summed E-state index contributed by atoms with van der Waals surface area (Å²) < 4.78 is 72.9. The van der Waals surface area contributed by atoms with Crippen LogP contribution >= 0.6 is 0 Å². The quantitative estimate of drug-likeness (QED) is 0.111. The van der Waals surface area contributed by atoms with Crippen molar-refractivity contribution >= 4 is 56.1 Å². The zero-order valence-corrected chi connectivity index (χ0v) is 33.9. The fourth-order valence-electron chi connectivity index (χ4n) is 8.37. The van der Waals surface area contributed by atoms with E-state index in [4.69, 9.17) is 0 Å². The van der Waals surface area contributed by atoms with Crippen molar-refractivity contribution in [1.82, 2.24) is 29.4 Å². The lowest BCUT2D eigenvalue weighted by Crippen LogP contribution is -2.52. The minimum Gasteiger partial charge on any atom is -0.369 e. The Morgan fingerprint density at radius 2 is 1.73 bits per heavy atom. The van der Waals surface area contributed by atoms with Gasteiger partial charge in [0.2, 0.25) is 17.6 Å². The van der Waals surface area contributed by atoms with E-state index in [9.17, 15) is 32.0 Å². The Morgan fingerprint density at radius 3 is 2.47 bits per heavy atom. The van der Waals surface area contributed by atoms with Crippen molar-refractivity contribution < 1.29 is 40.8 Å². The van der Waals surface area contributed by atoms with E-state index in [2.05, 4.69) is 36.9 Å². The first-order valence-corrected chi connectivity index (χ1v) is 21.5. The van der Waals surface area contributed by atoms with Gasteiger partial charge in [0.05, 0.1) is 17.8 Å². The maximum absolute atomic E-state index is 15.7. The SMILES string of the molecule is O=C1CCC(N2Cc3cc(C#CCN4CCN(c5ccc(-c6cnc7[nH]cc(C(=O)c8c(F)ccc(NS(=O)(=O)N9CC[C@@H](F)C9)c8F)c7c6)cc5)CC4)ccc3C2=O)C(=O)N1. The molecule has 0 bridgehead atoms. The normalized spacial score (nSPS) is 19.7. The average molecular weight is 865 g/mol. The van der Waals surface area contributed by atoms with Gasteiger partial charge in [0.1, 0.15) is 23.7 Å². The van der Waals surface area contributed by atoms with Crippen LogP contribution in [0.3, 0.4) is 0 Å². The Bertz CT molecular complexity index is 2830. The van der Waals surface area contributed by atoms with E-state index in [0.29, 0.717) is 41.7 Å². The van der Waals surface area contributed by atoms with Gasteiger partial charge in [-0.3, -0.25) is 34.1 Å². The number of fused-ring (bicyclic) bond motifs is 2. The number of rotatable bonds is 9. The van der Waals surface area contributed by atoms with Gasteiger partial charge in [-0.1, -0.05) is 24.0 Å². The molecule has 2 atom stereocenters. The van der Waals surface area contributed by atoms with Gasteiger partial charge in [0.25, 0.3) is 5.91 Å². The molecule has 0 spiro atoms. The third kappa shape index (κ3) is 7.90. The van der Waals surface area contributed by atoms with E-state index in [1.165, 1.54) is 11.1 Å². The summed E-state index contributed by atoms with van der Waals surface area (Å²) in [4.78, 5) is 64.0. The fraction of sp³-hybridized carbons (Fsp3) is 0.295. The van der Waals surface area contributed by atoms with Crippen molar-refractivity contribution in [3.8, 4) is 23.0 Å². The number of carbonyl (C=O) groups excluding carboxylic acids is 4. The number of hydrogen-bond donors (Lipinski definition) is 3. The summed E-state index contributed by atoms with van der Waals surface area (Å²) in [7, 11) is -4.36. The zero-order valence-electron chi connectivity index (χ0n) is 33.1. The van der Waals surface area contributed by atoms with Crippen molar-refractivity contribution in [3.63, 3.8) is 0 Å². The molecular weight excluding hydrogens is 826 g/mol. The van der Waals surface area contributed by atoms with Gasteiger partial charge in [0, 0.05) is 98.0 Å². The van der Waals surface area contributed by atoms with E-state index in [1.807, 2.05) is 41.1 Å². The fourth-order valence-corrected chi connectivity index (χ4v) is 9.64. The van der Waals surface area contributed by atoms with Gasteiger partial charge in [0.15, 0.2) is 5.82 Å². The van der Waals surface area contributed by atoms with Crippen LogP contribution in [-0.4, -0.2) is 114 Å². The second-order valence-corrected chi connectivity index (χ2v) is 17.3. The monoisotopic (exact) mass is 864 g/mol. The number of nitrogens with one attached hydrogen (secondary N) is 3. The smallest absolute Gasteiger partial charge is 0.301 e. The van der Waals surface area contributed by atoms with E-state index in [0.717, 1.165) is 65.0 Å². The first-order chi connectivity index (χ1) is 29.8. The van der Waals surface area contributed by atoms with Gasteiger partial charge in [-0.2, -0.15) is 12.7 Å². The van der Waals surface area contributed by atoms with Crippen LogP contribution in [0.4, 0.5) is 24.5 Å². The number of alkyl halides is 1. The third-order valence-electron chi connectivity index (χ3n) is 11.8. The Labute approximate surface area is 354 Å². The lowest BCUT2D eigenvalue weighted by atomic mass is 9.99. The molecular formula is C44H39F3N8O6S. The van der Waals surface area contributed by atoms with Crippen molar-refractivity contribution in [2.75, 3.05) is 55.4 Å². The number of imide groups is 1. The van der Waals surface area contributed by atoms with Gasteiger partial charge < -0.3 is 14.8 Å². The van der Waals surface area contributed by atoms with E-state index in [-0.39, 0.29) is 36.8 Å². The first kappa shape index (κ1) is 40.8. The molecule has 0 aliphatic carbocycles. The molecule has 4 aliphatic heterocycles. The Balaban J connectivity index is 0.821. The van der Waals surface area contributed by atoms with Crippen molar-refractivity contribution in [2.24, 2.45) is 0 Å². The lowest BCUT2D eigenvalue weighted by molar-refractivity contribution is -0.136. The molecule has 14 nitrogen and oxygen atoms in total. The first-order valence-electron chi connectivity index (χ1n) is 20.1. The van der Waals surface area contributed by atoms with Crippen LogP contribution in [0, 0.1) is 23.5 Å². The molecule has 3 aromatic carbocycles. The third-order valence-corrected chi connectivity index (χ3v) is 13.3. The highest BCUT2D eigenvalue weighted by Crippen LogP contribution is 2.32. The Hall–Kier alpha value is -6.55. The molecule has 62 heavy (non-hydrogen) atoms. The maximum Gasteiger partial charge on any atom is 0.301 e. The number of ketones is 1. The highest BCUT2D eigenvalue weighted by Gasteiger charge is 2.39. The number of carbonyl (C=O) groups is 4. The minimum absolute atomic E-state index is 0.00225. The number of halogens is 3. The highest BCUT2D eigenvalue weighted by molar-refractivity contribution is 7.90. The molecule has 3 fully saturated rings. The standard InChI is InChI=1S/C44H39F3N8O6S/c45-30-13-15-54(25-30)62(60,61)51-36-10-9-35(46)39(40(36)47)41(57)34-23-49-42-33(34)21-28(22-48-42)27-4-6-31(7-5-27)53-18-16-52(17-19-53)14-1-2-26-3-8-32-29(20-26)24-55(44(32)59)37-11-12-38(56)50-43(37)58/h3-10,20-23,30,37,51H,11-19,24-25H2,(H,48,49)(H,50,56,58)/t30-,37?/m1/s1. The second-order valence-electron chi connectivity index (χ2n) is 15.7. The zero-order chi connectivity index (χ0) is 43.3. The summed E-state index contributed by atoms with van der Waals surface area (Å²) in [6.45, 7) is 3.48. The molecule has 3 saturated heterocycles. The molecule has 6 heterocycles. The molecule has 0 saturated carbocycles. The van der Waals surface area contributed by atoms with Crippen molar-refractivity contribution in [1.29, 1.82) is 0 Å². The van der Waals surface area contributed by atoms with Crippen LogP contribution in [0.2, 0.25) is 0 Å². The average Bonchev–Trinajstić information content (AvgIpc) is 3.99. The number of H-pyrrole nitrogens is 1. The van der Waals surface area contributed by atoms with Crippen molar-refractivity contribution in [3.05, 3.63) is 113 Å². The molecule has 4 aliphatic rings. The molecule has 18 heteroatoms. The summed E-state index contributed by atoms with van der Waals surface area (Å²) in [6.07, 6.45) is 2.08. The van der Waals surface area contributed by atoms with Crippen LogP contribution in [0.25, 0.3) is 22.2 Å². The van der Waals surface area contributed by atoms with Crippen LogP contribution in [0.1, 0.15) is 56.7 Å². The number of nitrogens with zero attached hydrogens (tertiary/aromatic N) is 5. The molecule has 3 amide bonds. The van der Waals surface area contributed by atoms with Crippen LogP contribution in [0.15, 0.2) is 73.1 Å². The van der Waals surface area contributed by atoms with E-state index in [1.54, 1.807) is 18.3 Å². The van der Waals surface area contributed by atoms with Crippen molar-refractivity contribution in [2.45, 2.75) is 38.0 Å². The van der Waals surface area contributed by atoms with Crippen LogP contribution in [0.5, 0.6) is 0 Å². The number of piperidine rings is 1. The van der Waals surface area contributed by atoms with Gasteiger partial charge in [-0.25, -0.2) is 18.2 Å². The predicted molar refractivity (Wildman–Crippen MR) is 223 cm³/mol. The summed E-state index contributed by atoms with van der Waals surface area (Å²) in [5.74, 6) is 1.89. The second kappa shape index (κ2) is 16.4. The van der Waals surface area contributed by atoms with Gasteiger partial charge in [-0.15, -0.1) is 0 Å². The number of aromatic nitrogens is 2. The predicted octanol–water partition coefficient (Wildman–Crippen LogP) is 4.37. The number of aromatic amines is 1. The molecule has 9 rings (SSSR count). The number of pyridine rings is 1. The Kier molecular flexibility index (Phi) is 10.8. The van der Waals surface area contributed by atoms with Gasteiger partial charge in [-0.05, 0) is 72.5 Å². The molecule has 1 unspecified atom stereocenters. The summed E-state index contributed by atoms with van der Waals surface area (Å²) in [5.41, 5.74) is 3.26. The number of amides is 3. The number of hydrogen-bond acceptors (Lipinski definition) is 9. The lowest BCUT2D eigenvalue weighted by Gasteiger charge is -2.35. The minimum atomic E-state index is -4.36. The van der Waals surface area contributed by atoms with Crippen LogP contribution in [-0.2, 0) is 26.3 Å². The van der Waals surface area contributed by atoms with Crippen LogP contribution < -0.4 is 14.9 Å². The molecule has 3 N–H and O–H groups in total. The van der Waals surface area contributed by atoms with E-state index < -0.39 is 63.5 Å². The number of benzene rings is 3. The molecule has 0 radical (unpaired) electrons. The summed E-state index contributed by atoms with van der Waals surface area (Å²) >= 11 is 0. The highest BCUT2D eigenvalue weighted by atomic mass is 32.2. The maximum atomic E-state index is 15.7. The summed E-state index contributed by atoms with van der Waals surface area (Å²) in [6, 6.07) is 16.0. The van der Waals surface area contributed by atoms with E-state index >= 15 is 8.78 Å². The van der Waals surface area contributed by atoms with Gasteiger partial charge >= 0.3 is 10.2 Å². The Morgan fingerprint density at radius 1 is 0.935 bits per heavy atom. The topological polar surface area (TPSA) is 168 Å². The number of anilines is 2. The largest absolute Gasteiger partial charge is 0.369 e. The molecule has 5 aromatic rings. The molecule has 2 aromatic heterocycles. The molecule has 318 valence electrons. The number of piperazine rings is 1. The summed E-state index contributed by atoms with van der Waals surface area (Å²) in [5, 5.41) is 2.64.